The third-order valence-corrected chi connectivity index (χ3v) is 5.67. The minimum absolute atomic E-state index is 0.0619. The molecule has 8 nitrogen and oxygen atoms in total. The molecule has 0 aliphatic rings. The lowest BCUT2D eigenvalue weighted by Gasteiger charge is -2.15. The van der Waals surface area contributed by atoms with Crippen LogP contribution in [0.4, 0.5) is 0 Å². The van der Waals surface area contributed by atoms with E-state index < -0.39 is 17.9 Å². The van der Waals surface area contributed by atoms with Gasteiger partial charge in [-0.3, -0.25) is 9.59 Å². The van der Waals surface area contributed by atoms with E-state index in [1.807, 2.05) is 61.5 Å². The number of phenolic OH excluding ortho intramolecular Hbond substituents is 2. The highest BCUT2D eigenvalue weighted by Gasteiger charge is 2.20. The molecule has 1 atom stereocenters. The SMILES string of the molecule is Cc1ccc(O)cc1.O=C(Cc1ccc2ccccc2c1)NCC(=O)NC(Cc1ccc(O)cc1)C(=O)O. The Morgan fingerprint density at radius 3 is 1.92 bits per heavy atom. The zero-order valence-corrected chi connectivity index (χ0v) is 20.9. The van der Waals surface area contributed by atoms with Gasteiger partial charge in [-0.2, -0.15) is 0 Å². The summed E-state index contributed by atoms with van der Waals surface area (Å²) < 4.78 is 0. The molecule has 1 unspecified atom stereocenters. The lowest BCUT2D eigenvalue weighted by atomic mass is 10.0. The van der Waals surface area contributed by atoms with Crippen molar-refractivity contribution in [2.75, 3.05) is 6.54 Å². The Balaban J connectivity index is 0.000000427. The van der Waals surface area contributed by atoms with Gasteiger partial charge in [0.2, 0.25) is 11.8 Å². The maximum absolute atomic E-state index is 12.2. The van der Waals surface area contributed by atoms with Crippen LogP contribution in [0.5, 0.6) is 11.5 Å². The number of benzene rings is 4. The number of aromatic hydroxyl groups is 2. The number of carboxylic acids is 1. The number of rotatable bonds is 8. The second-order valence-corrected chi connectivity index (χ2v) is 8.80. The molecule has 38 heavy (non-hydrogen) atoms. The van der Waals surface area contributed by atoms with Crippen molar-refractivity contribution in [3.8, 4) is 11.5 Å². The molecule has 5 N–H and O–H groups in total. The molecule has 4 aromatic rings. The van der Waals surface area contributed by atoms with E-state index >= 15 is 0 Å². The molecule has 0 aliphatic carbocycles. The fourth-order valence-electron chi connectivity index (χ4n) is 3.63. The number of phenols is 2. The first-order valence-corrected chi connectivity index (χ1v) is 12.0. The average molecular weight is 515 g/mol. The zero-order valence-electron chi connectivity index (χ0n) is 20.9. The van der Waals surface area contributed by atoms with E-state index in [1.54, 1.807) is 24.3 Å². The van der Waals surface area contributed by atoms with Gasteiger partial charge in [0.1, 0.15) is 17.5 Å². The summed E-state index contributed by atoms with van der Waals surface area (Å²) in [6.07, 6.45) is 0.181. The number of fused-ring (bicyclic) bond motifs is 1. The molecule has 0 saturated heterocycles. The Hall–Kier alpha value is -4.85. The van der Waals surface area contributed by atoms with E-state index in [1.165, 1.54) is 17.7 Å². The Morgan fingerprint density at radius 2 is 1.32 bits per heavy atom. The Morgan fingerprint density at radius 1 is 0.737 bits per heavy atom. The molecule has 8 heteroatoms. The Kier molecular flexibility index (Phi) is 9.82. The van der Waals surface area contributed by atoms with Crippen molar-refractivity contribution in [2.45, 2.75) is 25.8 Å². The fourth-order valence-corrected chi connectivity index (χ4v) is 3.63. The number of carbonyl (C=O) groups is 3. The number of hydrogen-bond donors (Lipinski definition) is 5. The van der Waals surface area contributed by atoms with Crippen LogP contribution in [0.1, 0.15) is 16.7 Å². The summed E-state index contributed by atoms with van der Waals surface area (Å²) in [7, 11) is 0. The summed E-state index contributed by atoms with van der Waals surface area (Å²) in [6.45, 7) is 1.67. The third kappa shape index (κ3) is 8.98. The molecular weight excluding hydrogens is 484 g/mol. The monoisotopic (exact) mass is 514 g/mol. The highest BCUT2D eigenvalue weighted by Crippen LogP contribution is 2.16. The molecule has 0 aliphatic heterocycles. The van der Waals surface area contributed by atoms with Gasteiger partial charge in [-0.1, -0.05) is 72.3 Å². The molecule has 0 fully saturated rings. The van der Waals surface area contributed by atoms with E-state index in [0.29, 0.717) is 11.3 Å². The van der Waals surface area contributed by atoms with Crippen LogP contribution in [-0.4, -0.2) is 45.7 Å². The number of amides is 2. The highest BCUT2D eigenvalue weighted by molar-refractivity contribution is 5.89. The van der Waals surface area contributed by atoms with Gasteiger partial charge in [0.15, 0.2) is 0 Å². The molecule has 0 radical (unpaired) electrons. The van der Waals surface area contributed by atoms with Gasteiger partial charge >= 0.3 is 5.97 Å². The molecule has 0 heterocycles. The number of aliphatic carboxylic acids is 1. The van der Waals surface area contributed by atoms with Gasteiger partial charge in [0.25, 0.3) is 0 Å². The van der Waals surface area contributed by atoms with Gasteiger partial charge in [-0.15, -0.1) is 0 Å². The van der Waals surface area contributed by atoms with Crippen LogP contribution in [0.2, 0.25) is 0 Å². The highest BCUT2D eigenvalue weighted by atomic mass is 16.4. The van der Waals surface area contributed by atoms with E-state index in [4.69, 9.17) is 5.11 Å². The van der Waals surface area contributed by atoms with Crippen LogP contribution in [0.3, 0.4) is 0 Å². The van der Waals surface area contributed by atoms with E-state index in [2.05, 4.69) is 10.6 Å². The predicted molar refractivity (Wildman–Crippen MR) is 145 cm³/mol. The number of carboxylic acid groups (broad SMARTS) is 1. The zero-order chi connectivity index (χ0) is 27.5. The number of carbonyl (C=O) groups excluding carboxylic acids is 2. The summed E-state index contributed by atoms with van der Waals surface area (Å²) in [5.74, 6) is -1.70. The normalized spacial score (nSPS) is 11.1. The summed E-state index contributed by atoms with van der Waals surface area (Å²) in [6, 6.07) is 25.6. The Bertz CT molecular complexity index is 1360. The van der Waals surface area contributed by atoms with E-state index in [0.717, 1.165) is 16.3 Å². The van der Waals surface area contributed by atoms with Gasteiger partial charge in [-0.25, -0.2) is 4.79 Å². The van der Waals surface area contributed by atoms with Crippen molar-refractivity contribution in [1.82, 2.24) is 10.6 Å². The van der Waals surface area contributed by atoms with Gasteiger partial charge in [-0.05, 0) is 53.1 Å². The standard InChI is InChI=1S/C23H22N2O5.C7H8O/c26-19-9-6-15(7-10-19)12-20(23(29)30)25-22(28)14-24-21(27)13-16-5-8-17-3-1-2-4-18(17)11-16;1-6-2-4-7(8)5-3-6/h1-11,20,26H,12-14H2,(H,24,27)(H,25,28)(H,29,30);2-5,8H,1H3. The van der Waals surface area contributed by atoms with E-state index in [-0.39, 0.29) is 31.0 Å². The summed E-state index contributed by atoms with van der Waals surface area (Å²) in [5.41, 5.74) is 2.64. The van der Waals surface area contributed by atoms with Gasteiger partial charge < -0.3 is 26.0 Å². The van der Waals surface area contributed by atoms with Crippen molar-refractivity contribution in [3.05, 3.63) is 108 Å². The van der Waals surface area contributed by atoms with Crippen molar-refractivity contribution in [1.29, 1.82) is 0 Å². The van der Waals surface area contributed by atoms with Crippen molar-refractivity contribution in [3.63, 3.8) is 0 Å². The summed E-state index contributed by atoms with van der Waals surface area (Å²) in [4.78, 5) is 35.7. The number of aryl methyl sites for hydroxylation is 1. The van der Waals surface area contributed by atoms with E-state index in [9.17, 15) is 24.6 Å². The largest absolute Gasteiger partial charge is 0.508 e. The molecule has 0 saturated carbocycles. The van der Waals surface area contributed by atoms with Gasteiger partial charge in [0, 0.05) is 6.42 Å². The second kappa shape index (κ2) is 13.5. The minimum atomic E-state index is -1.18. The first-order chi connectivity index (χ1) is 18.2. The third-order valence-electron chi connectivity index (χ3n) is 5.67. The van der Waals surface area contributed by atoms with Crippen molar-refractivity contribution in [2.24, 2.45) is 0 Å². The Labute approximate surface area is 220 Å². The van der Waals surface area contributed by atoms with Gasteiger partial charge in [0.05, 0.1) is 13.0 Å². The summed E-state index contributed by atoms with van der Waals surface area (Å²) >= 11 is 0. The topological polar surface area (TPSA) is 136 Å². The molecule has 0 spiro atoms. The molecule has 2 amide bonds. The molecule has 0 bridgehead atoms. The van der Waals surface area contributed by atoms with Crippen LogP contribution in [0, 0.1) is 6.92 Å². The van der Waals surface area contributed by atoms with Crippen LogP contribution >= 0.6 is 0 Å². The number of nitrogens with one attached hydrogen (secondary N) is 2. The maximum atomic E-state index is 12.2. The minimum Gasteiger partial charge on any atom is -0.508 e. The smallest absolute Gasteiger partial charge is 0.326 e. The quantitative estimate of drug-likeness (QED) is 0.243. The predicted octanol–water partition coefficient (Wildman–Crippen LogP) is 3.72. The fraction of sp³-hybridized carbons (Fsp3) is 0.167. The number of hydrogen-bond acceptors (Lipinski definition) is 5. The van der Waals surface area contributed by atoms with Crippen molar-refractivity contribution >= 4 is 28.6 Å². The lowest BCUT2D eigenvalue weighted by Crippen LogP contribution is -2.46. The van der Waals surface area contributed by atoms with Crippen LogP contribution in [0.25, 0.3) is 10.8 Å². The molecule has 4 rings (SSSR count). The lowest BCUT2D eigenvalue weighted by molar-refractivity contribution is -0.141. The maximum Gasteiger partial charge on any atom is 0.326 e. The van der Waals surface area contributed by atoms with Crippen LogP contribution < -0.4 is 10.6 Å². The average Bonchev–Trinajstić information content (AvgIpc) is 2.90. The first-order valence-electron chi connectivity index (χ1n) is 12.0. The molecule has 196 valence electrons. The second-order valence-electron chi connectivity index (χ2n) is 8.80. The molecular formula is C30H30N2O6. The molecule has 4 aromatic carbocycles. The molecule has 0 aromatic heterocycles. The first kappa shape index (κ1) is 27.7. The summed E-state index contributed by atoms with van der Waals surface area (Å²) in [5, 5.41) is 34.4. The van der Waals surface area contributed by atoms with Crippen LogP contribution in [0.15, 0.2) is 91.0 Å². The van der Waals surface area contributed by atoms with Crippen molar-refractivity contribution < 1.29 is 29.7 Å². The van der Waals surface area contributed by atoms with Crippen LogP contribution in [-0.2, 0) is 27.2 Å².